The van der Waals surface area contributed by atoms with Crippen molar-refractivity contribution >= 4 is 17.2 Å². The van der Waals surface area contributed by atoms with Crippen LogP contribution >= 0.6 is 11.3 Å². The van der Waals surface area contributed by atoms with Gasteiger partial charge in [-0.1, -0.05) is 19.9 Å². The molecule has 19 heavy (non-hydrogen) atoms. The van der Waals surface area contributed by atoms with E-state index in [2.05, 4.69) is 19.2 Å². The molecule has 0 aliphatic carbocycles. The number of pyridine rings is 1. The van der Waals surface area contributed by atoms with E-state index in [4.69, 9.17) is 0 Å². The number of carbonyl (C=O) groups excluding carboxylic acids is 1. The summed E-state index contributed by atoms with van der Waals surface area (Å²) in [6.07, 6.45) is 2.64. The van der Waals surface area contributed by atoms with Crippen molar-refractivity contribution in [3.63, 3.8) is 0 Å². The van der Waals surface area contributed by atoms with Gasteiger partial charge in [-0.05, 0) is 23.4 Å². The standard InChI is InChI=1S/C14H16N2O2S/c1-10(2)13(12-6-4-8-19-12)15-14(17)11-5-3-7-16(18)9-11/h3-10,13H,1-2H3,(H,15,17)/t13-/m0/s1. The molecule has 2 heterocycles. The van der Waals surface area contributed by atoms with Gasteiger partial charge in [0, 0.05) is 10.9 Å². The van der Waals surface area contributed by atoms with Gasteiger partial charge in [0.15, 0.2) is 12.4 Å². The van der Waals surface area contributed by atoms with Gasteiger partial charge in [-0.25, -0.2) is 0 Å². The van der Waals surface area contributed by atoms with Crippen LogP contribution < -0.4 is 10.0 Å². The Hall–Kier alpha value is -1.88. The largest absolute Gasteiger partial charge is 0.619 e. The molecule has 5 heteroatoms. The van der Waals surface area contributed by atoms with E-state index in [1.165, 1.54) is 12.4 Å². The van der Waals surface area contributed by atoms with Gasteiger partial charge in [-0.2, -0.15) is 4.73 Å². The number of nitrogens with one attached hydrogen (secondary N) is 1. The van der Waals surface area contributed by atoms with Crippen LogP contribution in [0, 0.1) is 11.1 Å². The molecule has 2 aromatic heterocycles. The first-order valence-corrected chi connectivity index (χ1v) is 6.99. The summed E-state index contributed by atoms with van der Waals surface area (Å²) < 4.78 is 0.629. The molecule has 1 N–H and O–H groups in total. The van der Waals surface area contributed by atoms with Gasteiger partial charge in [-0.15, -0.1) is 11.3 Å². The van der Waals surface area contributed by atoms with Crippen LogP contribution in [0.2, 0.25) is 0 Å². The minimum absolute atomic E-state index is 0.0344. The van der Waals surface area contributed by atoms with E-state index in [-0.39, 0.29) is 17.9 Å². The molecule has 0 unspecified atom stereocenters. The molecule has 0 aromatic carbocycles. The van der Waals surface area contributed by atoms with Crippen LogP contribution in [-0.4, -0.2) is 5.91 Å². The zero-order chi connectivity index (χ0) is 13.8. The number of thiophene rings is 1. The fraction of sp³-hybridized carbons (Fsp3) is 0.286. The third-order valence-electron chi connectivity index (χ3n) is 2.84. The summed E-state index contributed by atoms with van der Waals surface area (Å²) in [5.74, 6) is 0.0583. The zero-order valence-electron chi connectivity index (χ0n) is 10.9. The number of aromatic nitrogens is 1. The monoisotopic (exact) mass is 276 g/mol. The predicted octanol–water partition coefficient (Wildman–Crippen LogP) is 2.51. The predicted molar refractivity (Wildman–Crippen MR) is 74.8 cm³/mol. The van der Waals surface area contributed by atoms with Gasteiger partial charge >= 0.3 is 0 Å². The average molecular weight is 276 g/mol. The summed E-state index contributed by atoms with van der Waals surface area (Å²) in [5, 5.41) is 16.2. The van der Waals surface area contributed by atoms with Gasteiger partial charge in [0.05, 0.1) is 6.04 Å². The fourth-order valence-electron chi connectivity index (χ4n) is 1.85. The molecular weight excluding hydrogens is 260 g/mol. The first kappa shape index (κ1) is 13.5. The molecule has 1 atom stereocenters. The van der Waals surface area contributed by atoms with E-state index >= 15 is 0 Å². The molecule has 0 aliphatic heterocycles. The van der Waals surface area contributed by atoms with Crippen molar-refractivity contribution in [1.29, 1.82) is 0 Å². The van der Waals surface area contributed by atoms with Crippen molar-refractivity contribution in [1.82, 2.24) is 5.32 Å². The third-order valence-corrected chi connectivity index (χ3v) is 3.80. The van der Waals surface area contributed by atoms with Gasteiger partial charge < -0.3 is 10.5 Å². The molecule has 0 bridgehead atoms. The Bertz CT molecular complexity index is 552. The minimum atomic E-state index is -0.225. The van der Waals surface area contributed by atoms with Crippen LogP contribution in [-0.2, 0) is 0 Å². The van der Waals surface area contributed by atoms with Crippen molar-refractivity contribution in [2.24, 2.45) is 5.92 Å². The van der Waals surface area contributed by atoms with Gasteiger partial charge in [0.2, 0.25) is 0 Å². The number of amides is 1. The first-order valence-electron chi connectivity index (χ1n) is 6.11. The van der Waals surface area contributed by atoms with E-state index in [1.54, 1.807) is 23.5 Å². The molecule has 0 aliphatic rings. The van der Waals surface area contributed by atoms with E-state index in [1.807, 2.05) is 17.5 Å². The maximum absolute atomic E-state index is 12.1. The maximum atomic E-state index is 12.1. The molecule has 4 nitrogen and oxygen atoms in total. The first-order chi connectivity index (χ1) is 9.08. The maximum Gasteiger partial charge on any atom is 0.257 e. The summed E-state index contributed by atoms with van der Waals surface area (Å²) in [6, 6.07) is 7.14. The SMILES string of the molecule is CC(C)[C@H](NC(=O)c1ccc[n+]([O-])c1)c1cccs1. The zero-order valence-corrected chi connectivity index (χ0v) is 11.7. The summed E-state index contributed by atoms with van der Waals surface area (Å²) in [7, 11) is 0. The Balaban J connectivity index is 2.16. The Morgan fingerprint density at radius 2 is 2.16 bits per heavy atom. The molecule has 0 spiro atoms. The van der Waals surface area contributed by atoms with Crippen LogP contribution in [0.5, 0.6) is 0 Å². The van der Waals surface area contributed by atoms with E-state index in [0.29, 0.717) is 10.3 Å². The molecule has 0 radical (unpaired) electrons. The quantitative estimate of drug-likeness (QED) is 0.689. The Kier molecular flexibility index (Phi) is 4.16. The van der Waals surface area contributed by atoms with Crippen LogP contribution in [0.1, 0.15) is 35.1 Å². The normalized spacial score (nSPS) is 12.4. The lowest BCUT2D eigenvalue weighted by Gasteiger charge is -2.21. The molecule has 100 valence electrons. The van der Waals surface area contributed by atoms with Crippen molar-refractivity contribution in [2.45, 2.75) is 19.9 Å². The molecule has 2 rings (SSSR count). The molecule has 2 aromatic rings. The van der Waals surface area contributed by atoms with Gasteiger partial charge in [-0.3, -0.25) is 4.79 Å². The second kappa shape index (κ2) is 5.84. The van der Waals surface area contributed by atoms with Crippen LogP contribution in [0.25, 0.3) is 0 Å². The highest BCUT2D eigenvalue weighted by molar-refractivity contribution is 7.10. The van der Waals surface area contributed by atoms with E-state index < -0.39 is 0 Å². The molecule has 0 saturated carbocycles. The minimum Gasteiger partial charge on any atom is -0.619 e. The number of hydrogen-bond acceptors (Lipinski definition) is 3. The van der Waals surface area contributed by atoms with Gasteiger partial charge in [0.25, 0.3) is 5.91 Å². The Labute approximate surface area is 116 Å². The lowest BCUT2D eigenvalue weighted by molar-refractivity contribution is -0.605. The molecule has 0 fully saturated rings. The highest BCUT2D eigenvalue weighted by Gasteiger charge is 2.20. The number of carbonyl (C=O) groups is 1. The highest BCUT2D eigenvalue weighted by Crippen LogP contribution is 2.25. The average Bonchev–Trinajstić information content (AvgIpc) is 2.88. The summed E-state index contributed by atoms with van der Waals surface area (Å²) in [4.78, 5) is 13.3. The number of hydrogen-bond donors (Lipinski definition) is 1. The highest BCUT2D eigenvalue weighted by atomic mass is 32.1. The fourth-order valence-corrected chi connectivity index (χ4v) is 2.80. The lowest BCUT2D eigenvalue weighted by Crippen LogP contribution is -2.33. The Morgan fingerprint density at radius 1 is 1.37 bits per heavy atom. The van der Waals surface area contributed by atoms with Crippen molar-refractivity contribution < 1.29 is 9.52 Å². The third kappa shape index (κ3) is 3.32. The second-order valence-corrected chi connectivity index (χ2v) is 5.64. The number of rotatable bonds is 4. The summed E-state index contributed by atoms with van der Waals surface area (Å²) in [5.41, 5.74) is 0.375. The smallest absolute Gasteiger partial charge is 0.257 e. The van der Waals surface area contributed by atoms with Gasteiger partial charge in [0.1, 0.15) is 5.56 Å². The van der Waals surface area contributed by atoms with Crippen molar-refractivity contribution in [3.8, 4) is 0 Å². The van der Waals surface area contributed by atoms with Crippen molar-refractivity contribution in [2.75, 3.05) is 0 Å². The second-order valence-electron chi connectivity index (χ2n) is 4.66. The van der Waals surface area contributed by atoms with E-state index in [9.17, 15) is 10.0 Å². The Morgan fingerprint density at radius 3 is 2.74 bits per heavy atom. The van der Waals surface area contributed by atoms with Crippen LogP contribution in [0.4, 0.5) is 0 Å². The summed E-state index contributed by atoms with van der Waals surface area (Å²) >= 11 is 1.62. The molecule has 0 saturated heterocycles. The number of nitrogens with zero attached hydrogens (tertiary/aromatic N) is 1. The summed E-state index contributed by atoms with van der Waals surface area (Å²) in [6.45, 7) is 4.12. The topological polar surface area (TPSA) is 56.0 Å². The van der Waals surface area contributed by atoms with E-state index in [0.717, 1.165) is 4.88 Å². The van der Waals surface area contributed by atoms with Crippen LogP contribution in [0.15, 0.2) is 42.0 Å². The van der Waals surface area contributed by atoms with Crippen molar-refractivity contribution in [3.05, 3.63) is 57.7 Å². The molecular formula is C14H16N2O2S. The molecule has 1 amide bonds. The van der Waals surface area contributed by atoms with Crippen LogP contribution in [0.3, 0.4) is 0 Å². The lowest BCUT2D eigenvalue weighted by atomic mass is 10.0.